The maximum atomic E-state index is 13.5. The molecule has 1 amide bonds. The number of amides is 1. The van der Waals surface area contributed by atoms with Gasteiger partial charge in [-0.2, -0.15) is 0 Å². The van der Waals surface area contributed by atoms with Gasteiger partial charge in [0, 0.05) is 30.4 Å². The highest BCUT2D eigenvalue weighted by molar-refractivity contribution is 5.94. The third kappa shape index (κ3) is 3.56. The van der Waals surface area contributed by atoms with Crippen LogP contribution in [0, 0.1) is 18.6 Å². The van der Waals surface area contributed by atoms with Crippen molar-refractivity contribution in [3.8, 4) is 0 Å². The van der Waals surface area contributed by atoms with Crippen LogP contribution in [0.1, 0.15) is 21.5 Å². The van der Waals surface area contributed by atoms with E-state index in [1.165, 1.54) is 0 Å². The van der Waals surface area contributed by atoms with Crippen molar-refractivity contribution in [3.63, 3.8) is 0 Å². The molecule has 0 fully saturated rings. The minimum atomic E-state index is -0.472. The minimum Gasteiger partial charge on any atom is -0.381 e. The van der Waals surface area contributed by atoms with Gasteiger partial charge in [-0.3, -0.25) is 4.79 Å². The fraction of sp³-hybridized carbons (Fsp3) is 0.188. The van der Waals surface area contributed by atoms with Crippen LogP contribution >= 0.6 is 0 Å². The highest BCUT2D eigenvalue weighted by Crippen LogP contribution is 2.18. The lowest BCUT2D eigenvalue weighted by Crippen LogP contribution is -2.18. The Morgan fingerprint density at radius 2 is 1.90 bits per heavy atom. The van der Waals surface area contributed by atoms with Crippen molar-refractivity contribution in [1.82, 2.24) is 5.32 Å². The lowest BCUT2D eigenvalue weighted by Gasteiger charge is -2.11. The molecule has 0 aliphatic carbocycles. The van der Waals surface area contributed by atoms with E-state index in [2.05, 4.69) is 10.6 Å². The van der Waals surface area contributed by atoms with Crippen LogP contribution in [0.15, 0.2) is 36.4 Å². The second kappa shape index (κ2) is 6.35. The van der Waals surface area contributed by atoms with Gasteiger partial charge in [0.2, 0.25) is 0 Å². The molecule has 2 aromatic carbocycles. The van der Waals surface area contributed by atoms with Crippen LogP contribution in [0.3, 0.4) is 0 Å². The van der Waals surface area contributed by atoms with Crippen LogP contribution in [0.2, 0.25) is 0 Å². The number of nitrogens with one attached hydrogen (secondary N) is 2. The van der Waals surface area contributed by atoms with Gasteiger partial charge in [0.05, 0.1) is 0 Å². The zero-order valence-corrected chi connectivity index (χ0v) is 11.8. The van der Waals surface area contributed by atoms with Gasteiger partial charge >= 0.3 is 0 Å². The van der Waals surface area contributed by atoms with E-state index >= 15 is 0 Å². The monoisotopic (exact) mass is 290 g/mol. The average Bonchev–Trinajstić information content (AvgIpc) is 2.48. The molecular weight excluding hydrogens is 274 g/mol. The van der Waals surface area contributed by atoms with Crippen molar-refractivity contribution in [2.24, 2.45) is 0 Å². The number of carbonyl (C=O) groups excluding carboxylic acids is 1. The lowest BCUT2D eigenvalue weighted by atomic mass is 10.1. The van der Waals surface area contributed by atoms with Gasteiger partial charge in [0.1, 0.15) is 11.6 Å². The summed E-state index contributed by atoms with van der Waals surface area (Å²) in [5.41, 5.74) is 2.43. The molecule has 0 saturated carbocycles. The summed E-state index contributed by atoms with van der Waals surface area (Å²) in [7, 11) is 1.57. The van der Waals surface area contributed by atoms with Gasteiger partial charge in [0.25, 0.3) is 5.91 Å². The predicted octanol–water partition coefficient (Wildman–Crippen LogP) is 3.24. The molecule has 2 aromatic rings. The Kier molecular flexibility index (Phi) is 4.52. The Morgan fingerprint density at radius 3 is 2.57 bits per heavy atom. The van der Waals surface area contributed by atoms with Crippen molar-refractivity contribution < 1.29 is 13.6 Å². The van der Waals surface area contributed by atoms with Crippen molar-refractivity contribution in [2.75, 3.05) is 12.4 Å². The van der Waals surface area contributed by atoms with E-state index < -0.39 is 11.6 Å². The number of carbonyl (C=O) groups is 1. The van der Waals surface area contributed by atoms with Gasteiger partial charge in [-0.05, 0) is 48.9 Å². The number of hydrogen-bond donors (Lipinski definition) is 2. The van der Waals surface area contributed by atoms with Gasteiger partial charge in [-0.1, -0.05) is 0 Å². The number of halogens is 2. The van der Waals surface area contributed by atoms with E-state index in [1.54, 1.807) is 25.2 Å². The summed E-state index contributed by atoms with van der Waals surface area (Å²) >= 11 is 0. The minimum absolute atomic E-state index is 0.166. The number of benzene rings is 2. The molecule has 0 bridgehead atoms. The summed E-state index contributed by atoms with van der Waals surface area (Å²) in [5, 5.41) is 5.59. The Bertz CT molecular complexity index is 671. The molecule has 0 spiro atoms. The first-order valence-corrected chi connectivity index (χ1v) is 6.52. The molecule has 2 N–H and O–H groups in total. The van der Waals surface area contributed by atoms with Gasteiger partial charge in [-0.25, -0.2) is 8.78 Å². The molecule has 0 unspecified atom stereocenters. The fourth-order valence-corrected chi connectivity index (χ4v) is 2.02. The second-order valence-electron chi connectivity index (χ2n) is 4.70. The van der Waals surface area contributed by atoms with Crippen LogP contribution in [-0.4, -0.2) is 13.0 Å². The van der Waals surface area contributed by atoms with E-state index in [0.29, 0.717) is 5.56 Å². The van der Waals surface area contributed by atoms with Crippen molar-refractivity contribution in [3.05, 3.63) is 64.7 Å². The van der Waals surface area contributed by atoms with Crippen molar-refractivity contribution in [2.45, 2.75) is 13.5 Å². The van der Waals surface area contributed by atoms with Crippen LogP contribution in [0.25, 0.3) is 0 Å². The van der Waals surface area contributed by atoms with Crippen molar-refractivity contribution in [1.29, 1.82) is 0 Å². The summed E-state index contributed by atoms with van der Waals surface area (Å²) in [4.78, 5) is 11.5. The summed E-state index contributed by atoms with van der Waals surface area (Å²) in [5.74, 6) is -1.09. The molecule has 110 valence electrons. The largest absolute Gasteiger partial charge is 0.381 e. The molecule has 0 aromatic heterocycles. The first-order valence-electron chi connectivity index (χ1n) is 6.52. The van der Waals surface area contributed by atoms with Crippen LogP contribution < -0.4 is 10.6 Å². The van der Waals surface area contributed by atoms with E-state index in [0.717, 1.165) is 29.4 Å². The van der Waals surface area contributed by atoms with E-state index in [1.807, 2.05) is 6.92 Å². The van der Waals surface area contributed by atoms with E-state index in [9.17, 15) is 13.6 Å². The third-order valence-electron chi connectivity index (χ3n) is 3.19. The lowest BCUT2D eigenvalue weighted by molar-refractivity contribution is 0.0963. The Morgan fingerprint density at radius 1 is 1.14 bits per heavy atom. The second-order valence-corrected chi connectivity index (χ2v) is 4.70. The molecule has 0 aliphatic heterocycles. The molecular formula is C16H16F2N2O. The maximum absolute atomic E-state index is 13.5. The van der Waals surface area contributed by atoms with Gasteiger partial charge in [0.15, 0.2) is 0 Å². The SMILES string of the molecule is CNC(=O)c1ccc(NCc2cc(F)ccc2F)c(C)c1. The van der Waals surface area contributed by atoms with Crippen LogP contribution in [0.4, 0.5) is 14.5 Å². The highest BCUT2D eigenvalue weighted by atomic mass is 19.1. The van der Waals surface area contributed by atoms with Crippen LogP contribution in [0.5, 0.6) is 0 Å². The normalized spacial score (nSPS) is 10.3. The Labute approximate surface area is 122 Å². The molecule has 0 aliphatic rings. The predicted molar refractivity (Wildman–Crippen MR) is 78.3 cm³/mol. The number of aryl methyl sites for hydroxylation is 1. The first-order chi connectivity index (χ1) is 10.0. The summed E-state index contributed by atoms with van der Waals surface area (Å²) in [6.07, 6.45) is 0. The standard InChI is InChI=1S/C16H16F2N2O/c1-10-7-11(16(21)19-2)3-6-15(10)20-9-12-8-13(17)4-5-14(12)18/h3-8,20H,9H2,1-2H3,(H,19,21). The maximum Gasteiger partial charge on any atom is 0.251 e. The molecule has 21 heavy (non-hydrogen) atoms. The zero-order valence-electron chi connectivity index (χ0n) is 11.8. The van der Waals surface area contributed by atoms with Gasteiger partial charge < -0.3 is 10.6 Å². The highest BCUT2D eigenvalue weighted by Gasteiger charge is 2.07. The van der Waals surface area contributed by atoms with E-state index in [-0.39, 0.29) is 18.0 Å². The average molecular weight is 290 g/mol. The quantitative estimate of drug-likeness (QED) is 0.907. The van der Waals surface area contributed by atoms with Crippen molar-refractivity contribution >= 4 is 11.6 Å². The van der Waals surface area contributed by atoms with Gasteiger partial charge in [-0.15, -0.1) is 0 Å². The number of rotatable bonds is 4. The molecule has 2 rings (SSSR count). The van der Waals surface area contributed by atoms with E-state index in [4.69, 9.17) is 0 Å². The first kappa shape index (κ1) is 15.0. The fourth-order valence-electron chi connectivity index (χ4n) is 2.02. The molecule has 0 atom stereocenters. The third-order valence-corrected chi connectivity index (χ3v) is 3.19. The molecule has 3 nitrogen and oxygen atoms in total. The Balaban J connectivity index is 2.13. The molecule has 0 heterocycles. The zero-order chi connectivity index (χ0) is 15.4. The summed E-state index contributed by atoms with van der Waals surface area (Å²) in [6, 6.07) is 8.52. The topological polar surface area (TPSA) is 41.1 Å². The smallest absolute Gasteiger partial charge is 0.251 e. The molecule has 0 radical (unpaired) electrons. The molecule has 5 heteroatoms. The number of hydrogen-bond acceptors (Lipinski definition) is 2. The summed E-state index contributed by atoms with van der Waals surface area (Å²) < 4.78 is 26.6. The summed E-state index contributed by atoms with van der Waals surface area (Å²) in [6.45, 7) is 2.01. The molecule has 0 saturated heterocycles. The van der Waals surface area contributed by atoms with Crippen LogP contribution in [-0.2, 0) is 6.54 Å². The Hall–Kier alpha value is -2.43. The number of anilines is 1.